The first-order chi connectivity index (χ1) is 14.5. The third-order valence-electron chi connectivity index (χ3n) is 5.30. The van der Waals surface area contributed by atoms with Crippen LogP contribution >= 0.6 is 0 Å². The third kappa shape index (κ3) is 4.18. The summed E-state index contributed by atoms with van der Waals surface area (Å²) in [6.07, 6.45) is 1.99. The molecule has 2 aliphatic rings. The van der Waals surface area contributed by atoms with Gasteiger partial charge in [-0.15, -0.1) is 0 Å². The maximum absolute atomic E-state index is 12.3. The van der Waals surface area contributed by atoms with Crippen molar-refractivity contribution < 1.29 is 19.1 Å². The fourth-order valence-corrected chi connectivity index (χ4v) is 3.68. The van der Waals surface area contributed by atoms with Gasteiger partial charge in [0.1, 0.15) is 5.82 Å². The first kappa shape index (κ1) is 20.0. The number of hydrogen-bond donors (Lipinski definition) is 1. The summed E-state index contributed by atoms with van der Waals surface area (Å²) in [5, 5.41) is 2.82. The monoisotopic (exact) mass is 408 g/mol. The maximum Gasteiger partial charge on any atom is 0.261 e. The van der Waals surface area contributed by atoms with Crippen LogP contribution in [0, 0.1) is 0 Å². The fourth-order valence-electron chi connectivity index (χ4n) is 3.68. The van der Waals surface area contributed by atoms with E-state index >= 15 is 0 Å². The quantitative estimate of drug-likeness (QED) is 0.730. The molecule has 8 heteroatoms. The Morgan fingerprint density at radius 1 is 1.17 bits per heavy atom. The van der Waals surface area contributed by atoms with Crippen LogP contribution in [0.2, 0.25) is 0 Å². The molecular formula is C22H24N4O4. The molecule has 0 aliphatic carbocycles. The number of nitrogens with zero attached hydrogens (tertiary/aromatic N) is 3. The Morgan fingerprint density at radius 3 is 2.53 bits per heavy atom. The second-order valence-corrected chi connectivity index (χ2v) is 7.49. The van der Waals surface area contributed by atoms with Crippen LogP contribution in [-0.2, 0) is 16.1 Å². The standard InChI is InChI=1S/C22H24N4O4/c1-15-14-25(10-11-30-15)19-7-6-16(12-23-19)13-24-20(27)8-9-26-21(28)17-4-2-3-5-18(17)22(26)29/h2-7,12,15H,8-11,13-14H2,1H3,(H,24,27). The number of benzene rings is 1. The highest BCUT2D eigenvalue weighted by Gasteiger charge is 2.34. The molecule has 2 aliphatic heterocycles. The van der Waals surface area contributed by atoms with Crippen molar-refractivity contribution in [2.24, 2.45) is 0 Å². The lowest BCUT2D eigenvalue weighted by atomic mass is 10.1. The Morgan fingerprint density at radius 2 is 1.90 bits per heavy atom. The summed E-state index contributed by atoms with van der Waals surface area (Å²) >= 11 is 0. The zero-order chi connectivity index (χ0) is 21.1. The van der Waals surface area contributed by atoms with Crippen molar-refractivity contribution in [3.05, 3.63) is 59.3 Å². The van der Waals surface area contributed by atoms with E-state index in [1.165, 1.54) is 0 Å². The number of carbonyl (C=O) groups is 3. The topological polar surface area (TPSA) is 91.8 Å². The van der Waals surface area contributed by atoms with Gasteiger partial charge >= 0.3 is 0 Å². The normalized spacial score (nSPS) is 18.5. The minimum Gasteiger partial charge on any atom is -0.375 e. The van der Waals surface area contributed by atoms with Crippen LogP contribution in [0.5, 0.6) is 0 Å². The Balaban J connectivity index is 1.25. The number of fused-ring (bicyclic) bond motifs is 1. The van der Waals surface area contributed by atoms with Crippen molar-refractivity contribution in [1.29, 1.82) is 0 Å². The Labute approximate surface area is 174 Å². The van der Waals surface area contributed by atoms with Gasteiger partial charge in [-0.2, -0.15) is 0 Å². The van der Waals surface area contributed by atoms with Gasteiger partial charge in [0.2, 0.25) is 5.91 Å². The van der Waals surface area contributed by atoms with Gasteiger partial charge in [-0.1, -0.05) is 18.2 Å². The minimum absolute atomic E-state index is 0.0582. The van der Waals surface area contributed by atoms with Crippen LogP contribution in [0.25, 0.3) is 0 Å². The SMILES string of the molecule is CC1CN(c2ccc(CNC(=O)CCN3C(=O)c4ccccc4C3=O)cn2)CCO1. The molecule has 2 aromatic rings. The Hall–Kier alpha value is -3.26. The highest BCUT2D eigenvalue weighted by molar-refractivity contribution is 6.21. The highest BCUT2D eigenvalue weighted by Crippen LogP contribution is 2.22. The summed E-state index contributed by atoms with van der Waals surface area (Å²) in [5.41, 5.74) is 1.67. The van der Waals surface area contributed by atoms with Crippen LogP contribution in [0.15, 0.2) is 42.6 Å². The van der Waals surface area contributed by atoms with E-state index in [1.54, 1.807) is 30.5 Å². The molecule has 30 heavy (non-hydrogen) atoms. The van der Waals surface area contributed by atoms with Gasteiger partial charge < -0.3 is 15.0 Å². The van der Waals surface area contributed by atoms with Crippen molar-refractivity contribution in [1.82, 2.24) is 15.2 Å². The van der Waals surface area contributed by atoms with Crippen LogP contribution < -0.4 is 10.2 Å². The smallest absolute Gasteiger partial charge is 0.261 e. The van der Waals surface area contributed by atoms with Crippen molar-refractivity contribution >= 4 is 23.5 Å². The van der Waals surface area contributed by atoms with Crippen LogP contribution in [-0.4, -0.2) is 60.0 Å². The average molecular weight is 408 g/mol. The number of imide groups is 1. The Kier molecular flexibility index (Phi) is 5.76. The summed E-state index contributed by atoms with van der Waals surface area (Å²) in [4.78, 5) is 44.7. The largest absolute Gasteiger partial charge is 0.375 e. The molecule has 1 fully saturated rings. The molecule has 156 valence electrons. The molecule has 3 heterocycles. The van der Waals surface area contributed by atoms with Crippen LogP contribution in [0.3, 0.4) is 0 Å². The van der Waals surface area contributed by atoms with Crippen molar-refractivity contribution in [2.45, 2.75) is 26.0 Å². The van der Waals surface area contributed by atoms with Gasteiger partial charge in [-0.3, -0.25) is 19.3 Å². The van der Waals surface area contributed by atoms with Gasteiger partial charge in [0.05, 0.1) is 23.8 Å². The lowest BCUT2D eigenvalue weighted by Crippen LogP contribution is -2.41. The molecule has 0 radical (unpaired) electrons. The number of nitrogens with one attached hydrogen (secondary N) is 1. The molecule has 0 bridgehead atoms. The van der Waals surface area contributed by atoms with E-state index in [1.807, 2.05) is 19.1 Å². The summed E-state index contributed by atoms with van der Waals surface area (Å²) in [6, 6.07) is 10.6. The van der Waals surface area contributed by atoms with Crippen LogP contribution in [0.1, 0.15) is 39.6 Å². The number of amides is 3. The van der Waals surface area contributed by atoms with Gasteiger partial charge in [0.15, 0.2) is 0 Å². The van der Waals surface area contributed by atoms with E-state index in [0.717, 1.165) is 29.4 Å². The molecule has 1 aromatic carbocycles. The molecular weight excluding hydrogens is 384 g/mol. The zero-order valence-electron chi connectivity index (χ0n) is 16.8. The van der Waals surface area contributed by atoms with Gasteiger partial charge in [-0.05, 0) is 30.7 Å². The lowest BCUT2D eigenvalue weighted by molar-refractivity contribution is -0.121. The van der Waals surface area contributed by atoms with Crippen LogP contribution in [0.4, 0.5) is 5.82 Å². The number of morpholine rings is 1. The van der Waals surface area contributed by atoms with Crippen molar-refractivity contribution in [2.75, 3.05) is 31.1 Å². The molecule has 1 N–H and O–H groups in total. The number of anilines is 1. The summed E-state index contributed by atoms with van der Waals surface area (Å²) in [7, 11) is 0. The molecule has 8 nitrogen and oxygen atoms in total. The number of rotatable bonds is 6. The number of hydrogen-bond acceptors (Lipinski definition) is 6. The molecule has 0 saturated carbocycles. The predicted octanol–water partition coefficient (Wildman–Crippen LogP) is 1.61. The maximum atomic E-state index is 12.3. The van der Waals surface area contributed by atoms with E-state index in [4.69, 9.17) is 4.74 Å². The zero-order valence-corrected chi connectivity index (χ0v) is 16.8. The molecule has 1 aromatic heterocycles. The number of pyridine rings is 1. The summed E-state index contributed by atoms with van der Waals surface area (Å²) in [6.45, 7) is 4.75. The number of aromatic nitrogens is 1. The average Bonchev–Trinajstić information content (AvgIpc) is 3.01. The van der Waals surface area contributed by atoms with E-state index < -0.39 is 0 Å². The van der Waals surface area contributed by atoms with Gasteiger partial charge in [0.25, 0.3) is 11.8 Å². The summed E-state index contributed by atoms with van der Waals surface area (Å²) in [5.74, 6) is -0.0234. The first-order valence-corrected chi connectivity index (χ1v) is 10.1. The van der Waals surface area contributed by atoms with Gasteiger partial charge in [0, 0.05) is 38.8 Å². The lowest BCUT2D eigenvalue weighted by Gasteiger charge is -2.32. The number of ether oxygens (including phenoxy) is 1. The second-order valence-electron chi connectivity index (χ2n) is 7.49. The van der Waals surface area contributed by atoms with E-state index in [9.17, 15) is 14.4 Å². The van der Waals surface area contributed by atoms with Crippen molar-refractivity contribution in [3.63, 3.8) is 0 Å². The fraction of sp³-hybridized carbons (Fsp3) is 0.364. The molecule has 0 spiro atoms. The first-order valence-electron chi connectivity index (χ1n) is 10.1. The molecule has 4 rings (SSSR count). The number of carbonyl (C=O) groups excluding carboxylic acids is 3. The predicted molar refractivity (Wildman–Crippen MR) is 110 cm³/mol. The van der Waals surface area contributed by atoms with E-state index in [2.05, 4.69) is 15.2 Å². The minimum atomic E-state index is -0.347. The van der Waals surface area contributed by atoms with Crippen molar-refractivity contribution in [3.8, 4) is 0 Å². The Bertz CT molecular complexity index is 925. The third-order valence-corrected chi connectivity index (χ3v) is 5.30. The highest BCUT2D eigenvalue weighted by atomic mass is 16.5. The summed E-state index contributed by atoms with van der Waals surface area (Å²) < 4.78 is 5.55. The molecule has 1 unspecified atom stereocenters. The molecule has 1 saturated heterocycles. The van der Waals surface area contributed by atoms with Gasteiger partial charge in [-0.25, -0.2) is 4.98 Å². The second kappa shape index (κ2) is 8.62. The van der Waals surface area contributed by atoms with E-state index in [-0.39, 0.29) is 36.8 Å². The molecule has 3 amide bonds. The molecule has 1 atom stereocenters. The van der Waals surface area contributed by atoms with E-state index in [0.29, 0.717) is 24.3 Å².